The molecule has 10 heteroatoms. The predicted molar refractivity (Wildman–Crippen MR) is 128 cm³/mol. The zero-order chi connectivity index (χ0) is 25.9. The third kappa shape index (κ3) is 7.33. The first-order valence-electron chi connectivity index (χ1n) is 10.9. The zero-order valence-electron chi connectivity index (χ0n) is 19.8. The molecule has 188 valence electrons. The van der Waals surface area contributed by atoms with Crippen LogP contribution in [0.25, 0.3) is 6.08 Å². The summed E-state index contributed by atoms with van der Waals surface area (Å²) in [6, 6.07) is 12.4. The molecule has 36 heavy (non-hydrogen) atoms. The molecule has 1 heterocycles. The molecule has 3 aromatic rings. The monoisotopic (exact) mass is 497 g/mol. The van der Waals surface area contributed by atoms with E-state index in [9.17, 15) is 18.4 Å². The number of nitrogens with zero attached hydrogens (tertiary/aromatic N) is 3. The van der Waals surface area contributed by atoms with Crippen LogP contribution in [0.1, 0.15) is 29.3 Å². The minimum Gasteiger partial charge on any atom is -0.453 e. The number of rotatable bonds is 11. The highest BCUT2D eigenvalue weighted by molar-refractivity contribution is 6.35. The Labute approximate surface area is 206 Å². The van der Waals surface area contributed by atoms with Crippen LogP contribution in [0.4, 0.5) is 13.6 Å². The van der Waals surface area contributed by atoms with Crippen LogP contribution < -0.4 is 0 Å². The van der Waals surface area contributed by atoms with Gasteiger partial charge in [-0.1, -0.05) is 24.3 Å². The van der Waals surface area contributed by atoms with Gasteiger partial charge in [0.05, 0.1) is 13.3 Å². The van der Waals surface area contributed by atoms with Gasteiger partial charge >= 0.3 is 6.16 Å². The summed E-state index contributed by atoms with van der Waals surface area (Å²) in [5.74, 6) is -1.10. The molecule has 0 aliphatic rings. The number of Topliss-reactive ketones (excluding diaryl/α,β-unsaturated/α-hetero) is 1. The lowest BCUT2D eigenvalue weighted by Gasteiger charge is -2.19. The molecule has 3 rings (SSSR count). The predicted octanol–water partition coefficient (Wildman–Crippen LogP) is 4.75. The number of aryl methyl sites for hydroxylation is 1. The van der Waals surface area contributed by atoms with Crippen molar-refractivity contribution in [3.8, 4) is 0 Å². The van der Waals surface area contributed by atoms with E-state index in [4.69, 9.17) is 9.47 Å². The topological polar surface area (TPSA) is 92.0 Å². The molecule has 0 saturated carbocycles. The average molecular weight is 497 g/mol. The lowest BCUT2D eigenvalue weighted by atomic mass is 9.88. The summed E-state index contributed by atoms with van der Waals surface area (Å²) in [6.45, 7) is -0.0764. The number of imidazole rings is 1. The van der Waals surface area contributed by atoms with E-state index in [0.717, 1.165) is 24.5 Å². The van der Waals surface area contributed by atoms with Crippen LogP contribution in [0.2, 0.25) is 0 Å². The van der Waals surface area contributed by atoms with Crippen molar-refractivity contribution in [3.63, 3.8) is 0 Å². The van der Waals surface area contributed by atoms with Crippen molar-refractivity contribution in [2.75, 3.05) is 21.0 Å². The molecule has 2 aromatic carbocycles. The maximum atomic E-state index is 13.5. The largest absolute Gasteiger partial charge is 0.510 e. The molecule has 0 bridgehead atoms. The molecule has 0 spiro atoms. The second-order valence-electron chi connectivity index (χ2n) is 7.54. The molecule has 0 saturated heterocycles. The van der Waals surface area contributed by atoms with Crippen molar-refractivity contribution in [2.24, 2.45) is 4.99 Å². The Kier molecular flexibility index (Phi) is 9.44. The number of allylic oxidation sites excluding steroid dienone is 1. The number of carbonyl (C=O) groups is 2. The van der Waals surface area contributed by atoms with Crippen LogP contribution >= 0.6 is 0 Å². The van der Waals surface area contributed by atoms with E-state index in [1.54, 1.807) is 41.2 Å². The minimum atomic E-state index is -0.958. The fourth-order valence-corrected chi connectivity index (χ4v) is 3.52. The Balaban J connectivity index is 1.83. The van der Waals surface area contributed by atoms with Gasteiger partial charge in [-0.3, -0.25) is 9.79 Å². The summed E-state index contributed by atoms with van der Waals surface area (Å²) in [6.07, 6.45) is 5.39. The third-order valence-electron chi connectivity index (χ3n) is 5.26. The number of benzene rings is 2. The number of carbonyl (C=O) groups excluding carboxylic acids is 2. The number of methoxy groups -OCH3 is 1. The van der Waals surface area contributed by atoms with E-state index in [1.807, 2.05) is 0 Å². The van der Waals surface area contributed by atoms with Crippen molar-refractivity contribution < 1.29 is 32.6 Å². The van der Waals surface area contributed by atoms with Gasteiger partial charge in [0.25, 0.3) is 0 Å². The van der Waals surface area contributed by atoms with E-state index in [2.05, 4.69) is 14.7 Å². The fraction of sp³-hybridized carbons (Fsp3) is 0.231. The lowest BCUT2D eigenvalue weighted by molar-refractivity contribution is -0.114. The number of hydrogen-bond donors (Lipinski definition) is 0. The smallest absolute Gasteiger partial charge is 0.453 e. The lowest BCUT2D eigenvalue weighted by Crippen LogP contribution is -2.14. The second kappa shape index (κ2) is 12.9. The third-order valence-corrected chi connectivity index (χ3v) is 5.26. The Morgan fingerprint density at radius 1 is 1.03 bits per heavy atom. The number of aliphatic imine (C=N–C) groups is 1. The van der Waals surface area contributed by atoms with Gasteiger partial charge in [0.1, 0.15) is 17.5 Å². The van der Waals surface area contributed by atoms with E-state index >= 15 is 0 Å². The first-order chi connectivity index (χ1) is 17.4. The Morgan fingerprint density at radius 3 is 2.19 bits per heavy atom. The fourth-order valence-electron chi connectivity index (χ4n) is 3.52. The quantitative estimate of drug-likeness (QED) is 0.125. The van der Waals surface area contributed by atoms with Gasteiger partial charge in [-0.05, 0) is 41.8 Å². The van der Waals surface area contributed by atoms with E-state index < -0.39 is 18.7 Å². The molecule has 0 radical (unpaired) electrons. The Bertz CT molecular complexity index is 1180. The molecule has 0 N–H and O–H groups in total. The van der Waals surface area contributed by atoms with Gasteiger partial charge in [-0.15, -0.1) is 0 Å². The molecule has 1 aromatic heterocycles. The summed E-state index contributed by atoms with van der Waals surface area (Å²) in [5.41, 5.74) is 1.75. The first kappa shape index (κ1) is 26.3. The summed E-state index contributed by atoms with van der Waals surface area (Å²) in [5, 5.41) is 0. The molecular formula is C26H25F2N3O5. The van der Waals surface area contributed by atoms with E-state index in [0.29, 0.717) is 18.8 Å². The van der Waals surface area contributed by atoms with Crippen molar-refractivity contribution >= 4 is 24.2 Å². The molecular weight excluding hydrogens is 472 g/mol. The van der Waals surface area contributed by atoms with E-state index in [-0.39, 0.29) is 23.3 Å². The van der Waals surface area contributed by atoms with Gasteiger partial charge < -0.3 is 18.8 Å². The zero-order valence-corrected chi connectivity index (χ0v) is 19.8. The summed E-state index contributed by atoms with van der Waals surface area (Å²) in [7, 11) is 2.59. The highest BCUT2D eigenvalue weighted by Crippen LogP contribution is 2.29. The number of aromatic nitrogens is 2. The SMILES string of the molecule is CN=CC(=O)/C(=C/c1nccn1CCC(c1ccc(F)cc1)c1ccc(F)cc1)OCOC(=O)OC. The maximum absolute atomic E-state index is 13.5. The molecule has 8 nitrogen and oxygen atoms in total. The first-order valence-corrected chi connectivity index (χ1v) is 10.9. The molecule has 0 atom stereocenters. The highest BCUT2D eigenvalue weighted by Gasteiger charge is 2.17. The van der Waals surface area contributed by atoms with Crippen molar-refractivity contribution in [1.29, 1.82) is 0 Å². The molecule has 0 aliphatic heterocycles. The highest BCUT2D eigenvalue weighted by atomic mass is 19.1. The number of halogens is 2. The number of ether oxygens (including phenoxy) is 3. The van der Waals surface area contributed by atoms with Crippen LogP contribution in [0.3, 0.4) is 0 Å². The van der Waals surface area contributed by atoms with Gasteiger partial charge in [-0.2, -0.15) is 0 Å². The van der Waals surface area contributed by atoms with E-state index in [1.165, 1.54) is 37.4 Å². The van der Waals surface area contributed by atoms with Crippen LogP contribution in [-0.4, -0.2) is 48.7 Å². The number of hydrogen-bond acceptors (Lipinski definition) is 7. The maximum Gasteiger partial charge on any atom is 0.510 e. The molecule has 0 unspecified atom stereocenters. The van der Waals surface area contributed by atoms with Gasteiger partial charge in [0, 0.05) is 38.0 Å². The van der Waals surface area contributed by atoms with Gasteiger partial charge in [0.15, 0.2) is 5.76 Å². The Morgan fingerprint density at radius 2 is 1.64 bits per heavy atom. The molecule has 0 fully saturated rings. The summed E-state index contributed by atoms with van der Waals surface area (Å²) in [4.78, 5) is 31.6. The number of ketones is 1. The normalized spacial score (nSPS) is 11.6. The summed E-state index contributed by atoms with van der Waals surface area (Å²) < 4.78 is 43.2. The van der Waals surface area contributed by atoms with Gasteiger partial charge in [-0.25, -0.2) is 18.6 Å². The van der Waals surface area contributed by atoms with Crippen LogP contribution in [0.5, 0.6) is 0 Å². The molecule has 0 amide bonds. The van der Waals surface area contributed by atoms with Crippen LogP contribution in [0, 0.1) is 11.6 Å². The average Bonchev–Trinajstić information content (AvgIpc) is 3.32. The van der Waals surface area contributed by atoms with Crippen molar-refractivity contribution in [1.82, 2.24) is 9.55 Å². The van der Waals surface area contributed by atoms with Gasteiger partial charge in [0.2, 0.25) is 12.6 Å². The molecule has 0 aliphatic carbocycles. The van der Waals surface area contributed by atoms with Crippen LogP contribution in [-0.2, 0) is 25.5 Å². The Hall–Kier alpha value is -4.34. The van der Waals surface area contributed by atoms with Crippen LogP contribution in [0.15, 0.2) is 71.7 Å². The summed E-state index contributed by atoms with van der Waals surface area (Å²) >= 11 is 0. The minimum absolute atomic E-state index is 0.134. The van der Waals surface area contributed by atoms with Crippen molar-refractivity contribution in [2.45, 2.75) is 18.9 Å². The van der Waals surface area contributed by atoms with Crippen molar-refractivity contribution in [3.05, 3.63) is 95.3 Å². The second-order valence-corrected chi connectivity index (χ2v) is 7.54. The standard InChI is InChI=1S/C26H25F2N3O5/c1-29-16-23(32)24(35-17-36-26(33)34-2)15-25-30-12-14-31(25)13-11-22(18-3-7-20(27)8-4-18)19-5-9-21(28)10-6-19/h3-10,12,14-16,22H,11,13,17H2,1-2H3/b24-15-,29-16?.